The molecule has 1 amide bonds. The van der Waals surface area contributed by atoms with Gasteiger partial charge in [-0.15, -0.1) is 0 Å². The molecule has 0 aromatic carbocycles. The zero-order valence-electron chi connectivity index (χ0n) is 9.58. The Labute approximate surface area is 90.5 Å². The molecule has 1 heterocycles. The highest BCUT2D eigenvalue weighted by atomic mass is 16.7. The van der Waals surface area contributed by atoms with Gasteiger partial charge in [0.2, 0.25) is 5.91 Å². The quantitative estimate of drug-likeness (QED) is 0.621. The van der Waals surface area contributed by atoms with Gasteiger partial charge in [0.05, 0.1) is 12.0 Å². The van der Waals surface area contributed by atoms with Crippen LogP contribution in [0.25, 0.3) is 0 Å². The fourth-order valence-electron chi connectivity index (χ4n) is 1.79. The van der Waals surface area contributed by atoms with Crippen LogP contribution in [0, 0.1) is 5.92 Å². The largest absolute Gasteiger partial charge is 0.354 e. The summed E-state index contributed by atoms with van der Waals surface area (Å²) in [5.41, 5.74) is 0. The molecule has 0 aromatic rings. The molecule has 88 valence electrons. The molecule has 1 saturated heterocycles. The first-order valence-electron chi connectivity index (χ1n) is 5.25. The second kappa shape index (κ2) is 6.05. The maximum Gasteiger partial charge on any atom is 0.224 e. The van der Waals surface area contributed by atoms with E-state index in [9.17, 15) is 4.79 Å². The van der Waals surface area contributed by atoms with Crippen molar-refractivity contribution in [2.45, 2.75) is 25.7 Å². The number of ether oxygens (including phenoxy) is 2. The van der Waals surface area contributed by atoms with E-state index in [1.807, 2.05) is 6.92 Å². The fraction of sp³-hybridized carbons (Fsp3) is 0.900. The zero-order valence-corrected chi connectivity index (χ0v) is 9.58. The fourth-order valence-corrected chi connectivity index (χ4v) is 1.79. The van der Waals surface area contributed by atoms with E-state index in [1.54, 1.807) is 14.2 Å². The van der Waals surface area contributed by atoms with Crippen LogP contribution in [0.15, 0.2) is 0 Å². The minimum Gasteiger partial charge on any atom is -0.354 e. The normalized spacial score (nSPS) is 23.1. The van der Waals surface area contributed by atoms with Gasteiger partial charge < -0.3 is 20.1 Å². The summed E-state index contributed by atoms with van der Waals surface area (Å²) in [5, 5.41) is 6.06. The molecule has 15 heavy (non-hydrogen) atoms. The molecule has 2 atom stereocenters. The number of carbonyl (C=O) groups excluding carboxylic acids is 1. The van der Waals surface area contributed by atoms with Crippen molar-refractivity contribution in [1.82, 2.24) is 10.6 Å². The summed E-state index contributed by atoms with van der Waals surface area (Å²) < 4.78 is 10.1. The van der Waals surface area contributed by atoms with Crippen molar-refractivity contribution in [3.05, 3.63) is 0 Å². The molecule has 2 N–H and O–H groups in total. The molecule has 0 aliphatic carbocycles. The lowest BCUT2D eigenvalue weighted by Crippen LogP contribution is -2.45. The van der Waals surface area contributed by atoms with Gasteiger partial charge in [0, 0.05) is 20.8 Å². The van der Waals surface area contributed by atoms with Crippen LogP contribution in [0.2, 0.25) is 0 Å². The van der Waals surface area contributed by atoms with Gasteiger partial charge in [-0.25, -0.2) is 0 Å². The summed E-state index contributed by atoms with van der Waals surface area (Å²) >= 11 is 0. The summed E-state index contributed by atoms with van der Waals surface area (Å²) in [7, 11) is 3.13. The molecular formula is C10H20N2O3. The monoisotopic (exact) mass is 216 g/mol. The van der Waals surface area contributed by atoms with E-state index in [2.05, 4.69) is 10.6 Å². The first-order valence-corrected chi connectivity index (χ1v) is 5.25. The van der Waals surface area contributed by atoms with E-state index in [1.165, 1.54) is 0 Å². The molecule has 0 saturated carbocycles. The standard InChI is InChI=1S/C10H20N2O3/c1-7(10(14-2)15-3)12-9(13)8-4-5-11-6-8/h7-8,10-11H,4-6H2,1-3H3,(H,12,13). The summed E-state index contributed by atoms with van der Waals surface area (Å²) in [6, 6.07) is -0.131. The Kier molecular flexibility index (Phi) is 5.01. The van der Waals surface area contributed by atoms with Crippen molar-refractivity contribution >= 4 is 5.91 Å². The highest BCUT2D eigenvalue weighted by Crippen LogP contribution is 2.08. The molecule has 1 rings (SSSR count). The molecule has 0 bridgehead atoms. The molecular weight excluding hydrogens is 196 g/mol. The van der Waals surface area contributed by atoms with Crippen LogP contribution in [-0.4, -0.2) is 45.5 Å². The molecule has 2 unspecified atom stereocenters. The number of nitrogens with one attached hydrogen (secondary N) is 2. The number of hydrogen-bond acceptors (Lipinski definition) is 4. The van der Waals surface area contributed by atoms with Crippen molar-refractivity contribution < 1.29 is 14.3 Å². The molecule has 1 aliphatic heterocycles. The van der Waals surface area contributed by atoms with Crippen LogP contribution >= 0.6 is 0 Å². The van der Waals surface area contributed by atoms with Gasteiger partial charge in [-0.3, -0.25) is 4.79 Å². The van der Waals surface area contributed by atoms with Gasteiger partial charge in [0.1, 0.15) is 0 Å². The van der Waals surface area contributed by atoms with Crippen LogP contribution in [-0.2, 0) is 14.3 Å². The van der Waals surface area contributed by atoms with Crippen molar-refractivity contribution in [3.63, 3.8) is 0 Å². The maximum atomic E-state index is 11.7. The first-order chi connectivity index (χ1) is 7.19. The van der Waals surface area contributed by atoms with E-state index in [4.69, 9.17) is 9.47 Å². The Morgan fingerprint density at radius 1 is 1.47 bits per heavy atom. The average Bonchev–Trinajstić information content (AvgIpc) is 2.72. The van der Waals surface area contributed by atoms with E-state index in [0.717, 1.165) is 19.5 Å². The predicted molar refractivity (Wildman–Crippen MR) is 56.4 cm³/mol. The molecule has 0 aromatic heterocycles. The van der Waals surface area contributed by atoms with Crippen molar-refractivity contribution in [2.24, 2.45) is 5.92 Å². The van der Waals surface area contributed by atoms with E-state index >= 15 is 0 Å². The molecule has 5 heteroatoms. The third kappa shape index (κ3) is 3.44. The zero-order chi connectivity index (χ0) is 11.3. The minimum atomic E-state index is -0.386. The third-order valence-corrected chi connectivity index (χ3v) is 2.67. The predicted octanol–water partition coefficient (Wildman–Crippen LogP) is -0.280. The summed E-state index contributed by atoms with van der Waals surface area (Å²) in [6.07, 6.45) is 0.520. The van der Waals surface area contributed by atoms with Crippen molar-refractivity contribution in [1.29, 1.82) is 0 Å². The van der Waals surface area contributed by atoms with Gasteiger partial charge in [-0.1, -0.05) is 0 Å². The van der Waals surface area contributed by atoms with Gasteiger partial charge in [-0.2, -0.15) is 0 Å². The SMILES string of the molecule is COC(OC)C(C)NC(=O)C1CCNC1. The Hall–Kier alpha value is -0.650. The van der Waals surface area contributed by atoms with E-state index < -0.39 is 0 Å². The minimum absolute atomic E-state index is 0.0756. The van der Waals surface area contributed by atoms with Gasteiger partial charge in [0.25, 0.3) is 0 Å². The molecule has 1 fully saturated rings. The Morgan fingerprint density at radius 2 is 2.13 bits per heavy atom. The summed E-state index contributed by atoms with van der Waals surface area (Å²) in [6.45, 7) is 3.56. The Bertz CT molecular complexity index is 201. The lowest BCUT2D eigenvalue weighted by atomic mass is 10.1. The second-order valence-electron chi connectivity index (χ2n) is 3.83. The molecule has 5 nitrogen and oxygen atoms in total. The molecule has 0 radical (unpaired) electrons. The number of carbonyl (C=O) groups is 1. The number of methoxy groups -OCH3 is 2. The van der Waals surface area contributed by atoms with Gasteiger partial charge in [0.15, 0.2) is 6.29 Å². The average molecular weight is 216 g/mol. The van der Waals surface area contributed by atoms with Crippen LogP contribution in [0.3, 0.4) is 0 Å². The maximum absolute atomic E-state index is 11.7. The Balaban J connectivity index is 2.35. The summed E-state index contributed by atoms with van der Waals surface area (Å²) in [4.78, 5) is 11.7. The number of hydrogen-bond donors (Lipinski definition) is 2. The van der Waals surface area contributed by atoms with Crippen molar-refractivity contribution in [2.75, 3.05) is 27.3 Å². The molecule has 0 spiro atoms. The highest BCUT2D eigenvalue weighted by molar-refractivity contribution is 5.79. The number of amides is 1. The van der Waals surface area contributed by atoms with Gasteiger partial charge >= 0.3 is 0 Å². The first kappa shape index (κ1) is 12.4. The smallest absolute Gasteiger partial charge is 0.224 e. The lowest BCUT2D eigenvalue weighted by Gasteiger charge is -2.23. The lowest BCUT2D eigenvalue weighted by molar-refractivity contribution is -0.138. The Morgan fingerprint density at radius 3 is 2.60 bits per heavy atom. The second-order valence-corrected chi connectivity index (χ2v) is 3.83. The van der Waals surface area contributed by atoms with Crippen LogP contribution < -0.4 is 10.6 Å². The van der Waals surface area contributed by atoms with Crippen LogP contribution in [0.5, 0.6) is 0 Å². The van der Waals surface area contributed by atoms with Crippen LogP contribution in [0.4, 0.5) is 0 Å². The van der Waals surface area contributed by atoms with Gasteiger partial charge in [-0.05, 0) is 19.9 Å². The number of rotatable bonds is 5. The topological polar surface area (TPSA) is 59.6 Å². The van der Waals surface area contributed by atoms with E-state index in [0.29, 0.717) is 0 Å². The highest BCUT2D eigenvalue weighted by Gasteiger charge is 2.25. The van der Waals surface area contributed by atoms with E-state index in [-0.39, 0.29) is 24.2 Å². The molecule has 1 aliphatic rings. The third-order valence-electron chi connectivity index (χ3n) is 2.67. The summed E-state index contributed by atoms with van der Waals surface area (Å²) in [5.74, 6) is 0.161. The van der Waals surface area contributed by atoms with Crippen molar-refractivity contribution in [3.8, 4) is 0 Å². The van der Waals surface area contributed by atoms with Crippen LogP contribution in [0.1, 0.15) is 13.3 Å².